The molecular formula is C15H17IO4. The highest BCUT2D eigenvalue weighted by Gasteiger charge is 2.55. The van der Waals surface area contributed by atoms with E-state index in [1.54, 1.807) is 6.92 Å². The molecule has 0 amide bonds. The SMILES string of the molecule is CCOC(=O)C1(Cc2ccccc2)CC(CI)OC1=O. The van der Waals surface area contributed by atoms with Gasteiger partial charge in [0.15, 0.2) is 5.41 Å². The van der Waals surface area contributed by atoms with E-state index < -0.39 is 17.4 Å². The number of cyclic esters (lactones) is 1. The van der Waals surface area contributed by atoms with E-state index in [0.29, 0.717) is 17.3 Å². The van der Waals surface area contributed by atoms with Crippen molar-refractivity contribution in [3.8, 4) is 0 Å². The highest BCUT2D eigenvalue weighted by Crippen LogP contribution is 2.39. The Balaban J connectivity index is 2.30. The van der Waals surface area contributed by atoms with Crippen molar-refractivity contribution < 1.29 is 19.1 Å². The smallest absolute Gasteiger partial charge is 0.324 e. The molecule has 0 saturated carbocycles. The first kappa shape index (κ1) is 15.3. The van der Waals surface area contributed by atoms with Crippen molar-refractivity contribution in [3.05, 3.63) is 35.9 Å². The predicted molar refractivity (Wildman–Crippen MR) is 82.6 cm³/mol. The summed E-state index contributed by atoms with van der Waals surface area (Å²) in [5.74, 6) is -0.928. The van der Waals surface area contributed by atoms with Crippen LogP contribution in [-0.2, 0) is 25.5 Å². The molecule has 1 fully saturated rings. The van der Waals surface area contributed by atoms with Crippen LogP contribution in [0.4, 0.5) is 0 Å². The van der Waals surface area contributed by atoms with Gasteiger partial charge in [0.1, 0.15) is 6.10 Å². The van der Waals surface area contributed by atoms with Gasteiger partial charge in [0.25, 0.3) is 0 Å². The van der Waals surface area contributed by atoms with Crippen LogP contribution in [0.3, 0.4) is 0 Å². The zero-order chi connectivity index (χ0) is 14.6. The van der Waals surface area contributed by atoms with Crippen molar-refractivity contribution in [3.63, 3.8) is 0 Å². The van der Waals surface area contributed by atoms with Crippen LogP contribution >= 0.6 is 22.6 Å². The third-order valence-corrected chi connectivity index (χ3v) is 4.41. The Morgan fingerprint density at radius 2 is 2.15 bits per heavy atom. The first-order chi connectivity index (χ1) is 9.62. The van der Waals surface area contributed by atoms with E-state index in [1.165, 1.54) is 0 Å². The van der Waals surface area contributed by atoms with Crippen LogP contribution < -0.4 is 0 Å². The number of carbonyl (C=O) groups excluding carboxylic acids is 2. The summed E-state index contributed by atoms with van der Waals surface area (Å²) in [5, 5.41) is 0. The molecule has 2 rings (SSSR count). The van der Waals surface area contributed by atoms with E-state index in [4.69, 9.17) is 9.47 Å². The molecule has 2 atom stereocenters. The maximum atomic E-state index is 12.3. The molecule has 0 spiro atoms. The van der Waals surface area contributed by atoms with E-state index in [-0.39, 0.29) is 12.7 Å². The van der Waals surface area contributed by atoms with Gasteiger partial charge in [-0.1, -0.05) is 52.9 Å². The van der Waals surface area contributed by atoms with E-state index in [0.717, 1.165) is 5.56 Å². The van der Waals surface area contributed by atoms with Crippen molar-refractivity contribution in [1.29, 1.82) is 0 Å². The molecule has 0 N–H and O–H groups in total. The lowest BCUT2D eigenvalue weighted by molar-refractivity contribution is -0.164. The van der Waals surface area contributed by atoms with Gasteiger partial charge in [0.05, 0.1) is 6.61 Å². The minimum absolute atomic E-state index is 0.212. The average Bonchev–Trinajstić information content (AvgIpc) is 2.78. The summed E-state index contributed by atoms with van der Waals surface area (Å²) in [5.41, 5.74) is -0.251. The van der Waals surface area contributed by atoms with Crippen molar-refractivity contribution >= 4 is 34.5 Å². The van der Waals surface area contributed by atoms with Crippen LogP contribution in [0.15, 0.2) is 30.3 Å². The van der Waals surface area contributed by atoms with Gasteiger partial charge >= 0.3 is 11.9 Å². The first-order valence-corrected chi connectivity index (χ1v) is 8.13. The second-order valence-corrected chi connectivity index (χ2v) is 5.73. The number of hydrogen-bond donors (Lipinski definition) is 0. The van der Waals surface area contributed by atoms with Gasteiger partial charge in [-0.05, 0) is 18.9 Å². The van der Waals surface area contributed by atoms with Crippen LogP contribution in [-0.4, -0.2) is 29.1 Å². The van der Waals surface area contributed by atoms with E-state index in [2.05, 4.69) is 22.6 Å². The number of carbonyl (C=O) groups is 2. The Hall–Kier alpha value is -1.11. The second kappa shape index (κ2) is 6.56. The van der Waals surface area contributed by atoms with Gasteiger partial charge in [-0.2, -0.15) is 0 Å². The number of hydrogen-bond acceptors (Lipinski definition) is 4. The quantitative estimate of drug-likeness (QED) is 0.337. The Morgan fingerprint density at radius 3 is 2.70 bits per heavy atom. The van der Waals surface area contributed by atoms with Crippen LogP contribution in [0, 0.1) is 5.41 Å². The van der Waals surface area contributed by atoms with Crippen molar-refractivity contribution in [2.24, 2.45) is 5.41 Å². The van der Waals surface area contributed by atoms with Crippen LogP contribution in [0.1, 0.15) is 18.9 Å². The van der Waals surface area contributed by atoms with Gasteiger partial charge < -0.3 is 9.47 Å². The fourth-order valence-corrected chi connectivity index (χ4v) is 2.95. The maximum absolute atomic E-state index is 12.3. The summed E-state index contributed by atoms with van der Waals surface area (Å²) >= 11 is 2.16. The minimum atomic E-state index is -1.19. The van der Waals surface area contributed by atoms with E-state index in [9.17, 15) is 9.59 Å². The summed E-state index contributed by atoms with van der Waals surface area (Å²) in [7, 11) is 0. The number of alkyl halides is 1. The minimum Gasteiger partial charge on any atom is -0.465 e. The average molecular weight is 388 g/mol. The molecule has 5 heteroatoms. The molecule has 1 aliphatic heterocycles. The Bertz CT molecular complexity index is 488. The molecule has 1 aliphatic rings. The normalized spacial score (nSPS) is 25.3. The van der Waals surface area contributed by atoms with Gasteiger partial charge in [0, 0.05) is 10.8 Å². The lowest BCUT2D eigenvalue weighted by Gasteiger charge is -2.22. The molecular weight excluding hydrogens is 371 g/mol. The third-order valence-electron chi connectivity index (χ3n) is 3.43. The Kier molecular flexibility index (Phi) is 5.01. The standard InChI is InChI=1S/C15H17IO4/c1-2-19-13(17)15(8-11-6-4-3-5-7-11)9-12(10-16)20-14(15)18/h3-7,12H,2,8-10H2,1H3. The molecule has 108 valence electrons. The number of rotatable bonds is 5. The lowest BCUT2D eigenvalue weighted by Crippen LogP contribution is -2.39. The molecule has 1 saturated heterocycles. The topological polar surface area (TPSA) is 52.6 Å². The molecule has 1 aromatic carbocycles. The lowest BCUT2D eigenvalue weighted by atomic mass is 9.79. The molecule has 20 heavy (non-hydrogen) atoms. The highest BCUT2D eigenvalue weighted by molar-refractivity contribution is 14.1. The number of halogens is 1. The van der Waals surface area contributed by atoms with E-state index >= 15 is 0 Å². The van der Waals surface area contributed by atoms with Gasteiger partial charge in [0.2, 0.25) is 0 Å². The molecule has 0 radical (unpaired) electrons. The molecule has 2 unspecified atom stereocenters. The van der Waals surface area contributed by atoms with Crippen LogP contribution in [0.2, 0.25) is 0 Å². The highest BCUT2D eigenvalue weighted by atomic mass is 127. The zero-order valence-electron chi connectivity index (χ0n) is 11.3. The molecule has 0 aromatic heterocycles. The molecule has 0 bridgehead atoms. The van der Waals surface area contributed by atoms with Gasteiger partial charge in [-0.3, -0.25) is 9.59 Å². The van der Waals surface area contributed by atoms with Crippen molar-refractivity contribution in [2.45, 2.75) is 25.9 Å². The van der Waals surface area contributed by atoms with E-state index in [1.807, 2.05) is 30.3 Å². The third kappa shape index (κ3) is 2.97. The summed E-state index contributed by atoms with van der Waals surface area (Å²) in [6, 6.07) is 9.51. The van der Waals surface area contributed by atoms with Crippen LogP contribution in [0.25, 0.3) is 0 Å². The van der Waals surface area contributed by atoms with Crippen molar-refractivity contribution in [2.75, 3.05) is 11.0 Å². The van der Waals surface area contributed by atoms with Gasteiger partial charge in [-0.15, -0.1) is 0 Å². The molecule has 4 nitrogen and oxygen atoms in total. The number of esters is 2. The van der Waals surface area contributed by atoms with Crippen LogP contribution in [0.5, 0.6) is 0 Å². The summed E-state index contributed by atoms with van der Waals surface area (Å²) in [6.07, 6.45) is 0.512. The Labute approximate surface area is 132 Å². The maximum Gasteiger partial charge on any atom is 0.324 e. The first-order valence-electron chi connectivity index (χ1n) is 6.60. The summed E-state index contributed by atoms with van der Waals surface area (Å²) in [4.78, 5) is 24.6. The molecule has 0 aliphatic carbocycles. The van der Waals surface area contributed by atoms with Gasteiger partial charge in [-0.25, -0.2) is 0 Å². The Morgan fingerprint density at radius 1 is 1.45 bits per heavy atom. The molecule has 1 aromatic rings. The monoisotopic (exact) mass is 388 g/mol. The fraction of sp³-hybridized carbons (Fsp3) is 0.467. The van der Waals surface area contributed by atoms with Crippen molar-refractivity contribution in [1.82, 2.24) is 0 Å². The zero-order valence-corrected chi connectivity index (χ0v) is 13.5. The molecule has 1 heterocycles. The largest absolute Gasteiger partial charge is 0.465 e. The fourth-order valence-electron chi connectivity index (χ4n) is 2.46. The second-order valence-electron chi connectivity index (χ2n) is 4.85. The summed E-state index contributed by atoms with van der Waals surface area (Å²) < 4.78 is 11.1. The number of benzene rings is 1. The predicted octanol–water partition coefficient (Wildman–Crippen LogP) is 2.53. The summed E-state index contributed by atoms with van der Waals surface area (Å²) in [6.45, 7) is 2.00. The number of ether oxygens (including phenoxy) is 2.